The van der Waals surface area contributed by atoms with E-state index < -0.39 is 33.4 Å². The standard InChI is InChI=1S/C19H23N5O5S/c1-19(2)17(26)24(18(27)21(19)3)13-16(25)22-8-10-23(11-9-22)30(28,29)15-7-5-4-6-14(15)12-20/h4-7H,8-11,13H2,1-3H3. The molecule has 0 atom stereocenters. The molecule has 0 spiro atoms. The largest absolute Gasteiger partial charge is 0.338 e. The zero-order valence-electron chi connectivity index (χ0n) is 17.0. The Hall–Kier alpha value is -2.97. The molecule has 2 saturated heterocycles. The van der Waals surface area contributed by atoms with Gasteiger partial charge in [-0.1, -0.05) is 12.1 Å². The topological polar surface area (TPSA) is 122 Å². The molecule has 0 radical (unpaired) electrons. The number of imide groups is 1. The lowest BCUT2D eigenvalue weighted by molar-refractivity contribution is -0.139. The second kappa shape index (κ2) is 7.70. The van der Waals surface area contributed by atoms with Crippen molar-refractivity contribution in [1.29, 1.82) is 5.26 Å². The van der Waals surface area contributed by atoms with Gasteiger partial charge in [0.1, 0.15) is 18.2 Å². The number of piperazine rings is 1. The summed E-state index contributed by atoms with van der Waals surface area (Å²) >= 11 is 0. The minimum atomic E-state index is -3.87. The molecule has 0 aliphatic carbocycles. The molecule has 2 heterocycles. The first-order valence-electron chi connectivity index (χ1n) is 9.38. The van der Waals surface area contributed by atoms with Gasteiger partial charge in [0.25, 0.3) is 5.91 Å². The fourth-order valence-electron chi connectivity index (χ4n) is 3.46. The Morgan fingerprint density at radius 2 is 1.73 bits per heavy atom. The molecular formula is C19H23N5O5S. The van der Waals surface area contributed by atoms with Crippen LogP contribution >= 0.6 is 0 Å². The van der Waals surface area contributed by atoms with E-state index in [9.17, 15) is 28.1 Å². The first-order chi connectivity index (χ1) is 14.0. The van der Waals surface area contributed by atoms with Gasteiger partial charge in [-0.2, -0.15) is 9.57 Å². The quantitative estimate of drug-likeness (QED) is 0.619. The Labute approximate surface area is 175 Å². The molecule has 0 saturated carbocycles. The van der Waals surface area contributed by atoms with Crippen LogP contribution in [0.5, 0.6) is 0 Å². The van der Waals surface area contributed by atoms with Crippen LogP contribution in [0.4, 0.5) is 4.79 Å². The van der Waals surface area contributed by atoms with Crippen molar-refractivity contribution in [3.8, 4) is 6.07 Å². The summed E-state index contributed by atoms with van der Waals surface area (Å²) < 4.78 is 27.0. The molecule has 3 rings (SSSR count). The molecule has 1 aromatic rings. The second-order valence-electron chi connectivity index (χ2n) is 7.68. The summed E-state index contributed by atoms with van der Waals surface area (Å²) in [6.07, 6.45) is 0. The van der Waals surface area contributed by atoms with Gasteiger partial charge in [0.15, 0.2) is 0 Å². The predicted molar refractivity (Wildman–Crippen MR) is 105 cm³/mol. The van der Waals surface area contributed by atoms with Crippen molar-refractivity contribution >= 4 is 27.9 Å². The first-order valence-corrected chi connectivity index (χ1v) is 10.8. The van der Waals surface area contributed by atoms with Crippen molar-refractivity contribution < 1.29 is 22.8 Å². The van der Waals surface area contributed by atoms with Gasteiger partial charge in [-0.25, -0.2) is 13.2 Å². The van der Waals surface area contributed by atoms with Crippen molar-refractivity contribution in [2.75, 3.05) is 39.8 Å². The molecule has 160 valence electrons. The van der Waals surface area contributed by atoms with E-state index in [2.05, 4.69) is 0 Å². The normalized spacial score (nSPS) is 19.9. The Morgan fingerprint density at radius 3 is 2.27 bits per heavy atom. The number of hydrogen-bond donors (Lipinski definition) is 0. The van der Waals surface area contributed by atoms with Crippen LogP contribution in [0, 0.1) is 11.3 Å². The second-order valence-corrected chi connectivity index (χ2v) is 9.59. The van der Waals surface area contributed by atoms with Gasteiger partial charge in [-0.15, -0.1) is 0 Å². The molecular weight excluding hydrogens is 410 g/mol. The maximum absolute atomic E-state index is 12.9. The van der Waals surface area contributed by atoms with Crippen molar-refractivity contribution in [2.24, 2.45) is 0 Å². The smallest absolute Gasteiger partial charge is 0.327 e. The molecule has 2 fully saturated rings. The van der Waals surface area contributed by atoms with E-state index in [-0.39, 0.29) is 43.2 Å². The monoisotopic (exact) mass is 433 g/mol. The van der Waals surface area contributed by atoms with Crippen LogP contribution in [-0.4, -0.2) is 90.6 Å². The third-order valence-corrected chi connectivity index (χ3v) is 7.59. The van der Waals surface area contributed by atoms with Gasteiger partial charge in [0, 0.05) is 33.2 Å². The third-order valence-electron chi connectivity index (χ3n) is 5.63. The maximum atomic E-state index is 12.9. The summed E-state index contributed by atoms with van der Waals surface area (Å²) in [6.45, 7) is 3.21. The number of likely N-dealkylation sites (N-methyl/N-ethyl adjacent to an activating group) is 1. The van der Waals surface area contributed by atoms with E-state index in [0.717, 1.165) is 4.90 Å². The average Bonchev–Trinajstić information content (AvgIpc) is 2.88. The lowest BCUT2D eigenvalue weighted by Gasteiger charge is -2.34. The predicted octanol–water partition coefficient (Wildman–Crippen LogP) is 0.0638. The zero-order valence-corrected chi connectivity index (χ0v) is 17.8. The van der Waals surface area contributed by atoms with Gasteiger partial charge in [-0.05, 0) is 26.0 Å². The zero-order chi connectivity index (χ0) is 22.3. The fraction of sp³-hybridized carbons (Fsp3) is 0.474. The highest BCUT2D eigenvalue weighted by molar-refractivity contribution is 7.89. The Morgan fingerprint density at radius 1 is 1.13 bits per heavy atom. The highest BCUT2D eigenvalue weighted by Gasteiger charge is 2.50. The van der Waals surface area contributed by atoms with Gasteiger partial charge < -0.3 is 9.80 Å². The van der Waals surface area contributed by atoms with Crippen LogP contribution in [0.25, 0.3) is 0 Å². The molecule has 0 unspecified atom stereocenters. The van der Waals surface area contributed by atoms with Crippen LogP contribution in [0.3, 0.4) is 0 Å². The van der Waals surface area contributed by atoms with Gasteiger partial charge in [0.05, 0.1) is 10.5 Å². The molecule has 4 amide bonds. The Bertz CT molecular complexity index is 1040. The molecule has 2 aliphatic rings. The Kier molecular flexibility index (Phi) is 5.58. The summed E-state index contributed by atoms with van der Waals surface area (Å²) in [5.41, 5.74) is -0.952. The average molecular weight is 433 g/mol. The SMILES string of the molecule is CN1C(=O)N(CC(=O)N2CCN(S(=O)(=O)c3ccccc3C#N)CC2)C(=O)C1(C)C. The van der Waals surface area contributed by atoms with Crippen molar-refractivity contribution in [3.05, 3.63) is 29.8 Å². The number of nitriles is 1. The van der Waals surface area contributed by atoms with Crippen LogP contribution < -0.4 is 0 Å². The number of rotatable bonds is 4. The van der Waals surface area contributed by atoms with Gasteiger partial charge >= 0.3 is 6.03 Å². The van der Waals surface area contributed by atoms with E-state index in [4.69, 9.17) is 0 Å². The first kappa shape index (κ1) is 21.7. The highest BCUT2D eigenvalue weighted by Crippen LogP contribution is 2.26. The van der Waals surface area contributed by atoms with Crippen molar-refractivity contribution in [1.82, 2.24) is 19.0 Å². The molecule has 1 aromatic carbocycles. The van der Waals surface area contributed by atoms with E-state index in [1.54, 1.807) is 26.0 Å². The van der Waals surface area contributed by atoms with E-state index >= 15 is 0 Å². The minimum absolute atomic E-state index is 0.0567. The fourth-order valence-corrected chi connectivity index (χ4v) is 5.02. The molecule has 11 heteroatoms. The van der Waals surface area contributed by atoms with Crippen LogP contribution in [0.15, 0.2) is 29.2 Å². The molecule has 0 bridgehead atoms. The maximum Gasteiger partial charge on any atom is 0.327 e. The van der Waals surface area contributed by atoms with E-state index in [1.807, 2.05) is 6.07 Å². The summed E-state index contributed by atoms with van der Waals surface area (Å²) in [5.74, 6) is -0.866. The summed E-state index contributed by atoms with van der Waals surface area (Å²) in [4.78, 5) is 41.0. The number of nitrogens with zero attached hydrogens (tertiary/aromatic N) is 5. The minimum Gasteiger partial charge on any atom is -0.338 e. The van der Waals surface area contributed by atoms with E-state index in [0.29, 0.717) is 0 Å². The van der Waals surface area contributed by atoms with Crippen LogP contribution in [0.1, 0.15) is 19.4 Å². The number of urea groups is 1. The summed E-state index contributed by atoms with van der Waals surface area (Å²) in [6, 6.07) is 7.31. The van der Waals surface area contributed by atoms with Crippen molar-refractivity contribution in [2.45, 2.75) is 24.3 Å². The number of carbonyl (C=O) groups excluding carboxylic acids is 3. The molecule has 2 aliphatic heterocycles. The van der Waals surface area contributed by atoms with Crippen LogP contribution in [0.2, 0.25) is 0 Å². The lowest BCUT2D eigenvalue weighted by Crippen LogP contribution is -2.53. The number of benzene rings is 1. The van der Waals surface area contributed by atoms with Gasteiger partial charge in [0.2, 0.25) is 15.9 Å². The highest BCUT2D eigenvalue weighted by atomic mass is 32.2. The third kappa shape index (κ3) is 3.53. The molecule has 10 nitrogen and oxygen atoms in total. The number of sulfonamides is 1. The molecule has 30 heavy (non-hydrogen) atoms. The van der Waals surface area contributed by atoms with Crippen LogP contribution in [-0.2, 0) is 19.6 Å². The lowest BCUT2D eigenvalue weighted by atomic mass is 10.1. The molecule has 0 aromatic heterocycles. The number of hydrogen-bond acceptors (Lipinski definition) is 6. The van der Waals surface area contributed by atoms with Crippen molar-refractivity contribution in [3.63, 3.8) is 0 Å². The number of amides is 4. The van der Waals surface area contributed by atoms with E-state index in [1.165, 1.54) is 33.3 Å². The Balaban J connectivity index is 1.66. The summed E-state index contributed by atoms with van der Waals surface area (Å²) in [7, 11) is -2.36. The summed E-state index contributed by atoms with van der Waals surface area (Å²) in [5, 5.41) is 9.18. The van der Waals surface area contributed by atoms with Gasteiger partial charge in [-0.3, -0.25) is 14.5 Å². The molecule has 0 N–H and O–H groups in total. The number of carbonyl (C=O) groups is 3.